The molecule has 0 radical (unpaired) electrons. The zero-order valence-corrected chi connectivity index (χ0v) is 63.4. The number of rotatable bonds is 28. The maximum absolute atomic E-state index is 12.7. The lowest BCUT2D eigenvalue weighted by molar-refractivity contribution is -0.116. The number of aromatic amines is 1. The molecule has 25 nitrogen and oxygen atoms in total. The number of carbonyl (C=O) groups is 3. The van der Waals surface area contributed by atoms with Crippen LogP contribution >= 0.6 is 68.0 Å². The van der Waals surface area contributed by atoms with Gasteiger partial charge in [0.2, 0.25) is 17.7 Å². The zero-order chi connectivity index (χ0) is 72.4. The van der Waals surface area contributed by atoms with E-state index in [2.05, 4.69) is 134 Å². The molecule has 0 spiro atoms. The molecule has 3 aliphatic rings. The summed E-state index contributed by atoms with van der Waals surface area (Å²) in [5, 5.41) is 51.0. The second kappa shape index (κ2) is 36.5. The third-order valence-corrected chi connectivity index (χ3v) is 24.2. The molecule has 0 fully saturated rings. The number of benzene rings is 3. The maximum atomic E-state index is 12.7. The number of methoxy groups -OCH3 is 4. The quantitative estimate of drug-likeness (QED) is 0.0204. The van der Waals surface area contributed by atoms with Crippen LogP contribution < -0.4 is 52.6 Å². The Balaban J connectivity index is 0.000000140. The number of hydrogen-bond acceptors (Lipinski definition) is 27. The first-order valence-corrected chi connectivity index (χ1v) is 39.4. The van der Waals surface area contributed by atoms with Crippen LogP contribution in [0.2, 0.25) is 0 Å². The van der Waals surface area contributed by atoms with Crippen molar-refractivity contribution >= 4 is 131 Å². The number of aromatic nitrogens is 8. The molecule has 0 saturated heterocycles. The fraction of sp³-hybridized carbons (Fsp3) is 0.338. The van der Waals surface area contributed by atoms with E-state index in [9.17, 15) is 14.4 Å². The Kier molecular flexibility index (Phi) is 25.9. The third kappa shape index (κ3) is 18.5. The smallest absolute Gasteiger partial charge is 0.316 e. The van der Waals surface area contributed by atoms with Crippen LogP contribution in [0.5, 0.6) is 6.01 Å². The Morgan fingerprint density at radius 2 is 0.876 bits per heavy atom. The van der Waals surface area contributed by atoms with E-state index in [0.29, 0.717) is 70.4 Å². The normalized spacial score (nSPS) is 13.1. The van der Waals surface area contributed by atoms with Gasteiger partial charge >= 0.3 is 6.01 Å². The maximum Gasteiger partial charge on any atom is 0.316 e. The summed E-state index contributed by atoms with van der Waals surface area (Å²) in [5.74, 6) is -0.00423. The highest BCUT2D eigenvalue weighted by molar-refractivity contribution is 7.24. The van der Waals surface area contributed by atoms with E-state index in [4.69, 9.17) is 39.2 Å². The Hall–Kier alpha value is -8.79. The van der Waals surface area contributed by atoms with Gasteiger partial charge < -0.3 is 66.8 Å². The summed E-state index contributed by atoms with van der Waals surface area (Å²) in [6.45, 7) is 11.1. The summed E-state index contributed by atoms with van der Waals surface area (Å²) < 4.78 is 23.5. The summed E-state index contributed by atoms with van der Waals surface area (Å²) in [6, 6.07) is 26.6. The lowest BCUT2D eigenvalue weighted by Gasteiger charge is -2.13. The number of nitriles is 1. The van der Waals surface area contributed by atoms with Gasteiger partial charge in [-0.1, -0.05) is 18.2 Å². The van der Waals surface area contributed by atoms with Crippen molar-refractivity contribution in [2.45, 2.75) is 58.2 Å². The Morgan fingerprint density at radius 3 is 1.26 bits per heavy atom. The first kappa shape index (κ1) is 74.5. The van der Waals surface area contributed by atoms with E-state index in [1.807, 2.05) is 12.1 Å². The van der Waals surface area contributed by atoms with Gasteiger partial charge in [-0.3, -0.25) is 19.5 Å². The van der Waals surface area contributed by atoms with Gasteiger partial charge in [0.1, 0.15) is 41.8 Å². The number of thiophene rings is 3. The van der Waals surface area contributed by atoms with Gasteiger partial charge in [-0.05, 0) is 121 Å². The first-order valence-electron chi connectivity index (χ1n) is 34.5. The number of fused-ring (bicyclic) bond motifs is 6. The van der Waals surface area contributed by atoms with Crippen LogP contribution in [0.25, 0.3) is 95.9 Å². The van der Waals surface area contributed by atoms with E-state index in [1.165, 1.54) is 31.3 Å². The van der Waals surface area contributed by atoms with Crippen molar-refractivity contribution in [1.29, 1.82) is 5.26 Å². The van der Waals surface area contributed by atoms with Gasteiger partial charge in [-0.2, -0.15) is 10.4 Å². The van der Waals surface area contributed by atoms with Crippen LogP contribution in [0, 0.1) is 11.3 Å². The molecule has 12 aromatic rings. The molecule has 3 aromatic carbocycles. The minimum Gasteiger partial charge on any atom is -0.467 e. The van der Waals surface area contributed by atoms with Gasteiger partial charge in [0.05, 0.1) is 63.3 Å². The van der Waals surface area contributed by atoms with Gasteiger partial charge in [-0.25, -0.2) is 29.9 Å². The minimum atomic E-state index is -0.00978. The van der Waals surface area contributed by atoms with E-state index in [-0.39, 0.29) is 17.7 Å². The minimum absolute atomic E-state index is 0.00405. The average molecular weight is 1530 g/mol. The number of carbonyl (C=O) groups excluding carboxylic acids is 3. The van der Waals surface area contributed by atoms with Crippen molar-refractivity contribution in [2.75, 3.05) is 123 Å². The lowest BCUT2D eigenvalue weighted by atomic mass is 10.0. The highest BCUT2D eigenvalue weighted by Gasteiger charge is 2.29. The van der Waals surface area contributed by atoms with Gasteiger partial charge in [0.25, 0.3) is 0 Å². The van der Waals surface area contributed by atoms with E-state index in [0.717, 1.165) is 189 Å². The second-order valence-electron chi connectivity index (χ2n) is 24.6. The molecule has 3 amide bonds. The molecule has 9 aromatic heterocycles. The van der Waals surface area contributed by atoms with Crippen LogP contribution in [0.3, 0.4) is 0 Å². The molecule has 105 heavy (non-hydrogen) atoms. The third-order valence-electron chi connectivity index (χ3n) is 17.5. The van der Waals surface area contributed by atoms with Crippen LogP contribution in [-0.2, 0) is 67.5 Å². The Labute approximate surface area is 630 Å². The average Bonchev–Trinajstić information content (AvgIpc) is 1.63. The number of hydrogen-bond donors (Lipinski definition) is 10. The second-order valence-corrected chi connectivity index (χ2v) is 31.0. The predicted molar refractivity (Wildman–Crippen MR) is 422 cm³/mol. The number of pyridine rings is 1. The lowest BCUT2D eigenvalue weighted by Crippen LogP contribution is -2.24. The van der Waals surface area contributed by atoms with Crippen LogP contribution in [0.1, 0.15) is 56.3 Å². The number of ether oxygens (including phenoxy) is 4. The molecule has 3 aliphatic heterocycles. The zero-order valence-electron chi connectivity index (χ0n) is 58.5. The predicted octanol–water partition coefficient (Wildman–Crippen LogP) is 11.5. The van der Waals surface area contributed by atoms with Gasteiger partial charge in [0.15, 0.2) is 0 Å². The SMILES string of the molecule is COCCNCCC(=O)Nc1sc2c(c1-c1nc3cc(-c4ccc(C#N)nc4)ccc3s1)CCNC2.COCCNCCC(=O)Nc1sc2c(c1-c1nc3cc(-c4ccn[nH]4)ccc3s1)CCNC2.COCCNCCC(=O)Nc1sc2c(c1-c1nc3cc(-c4cnc(OC)nc4)ccc3s1)CCNC2. The van der Waals surface area contributed by atoms with Crippen molar-refractivity contribution in [3.8, 4) is 77.3 Å². The largest absolute Gasteiger partial charge is 0.467 e. The van der Waals surface area contributed by atoms with Crippen LogP contribution in [0.4, 0.5) is 15.0 Å². The molecule has 544 valence electrons. The summed E-state index contributed by atoms with van der Waals surface area (Å²) >= 11 is 9.93. The number of anilines is 3. The molecule has 0 saturated carbocycles. The molecule has 0 aliphatic carbocycles. The highest BCUT2D eigenvalue weighted by atomic mass is 32.1. The Morgan fingerprint density at radius 1 is 0.476 bits per heavy atom. The Bertz CT molecular complexity index is 5000. The summed E-state index contributed by atoms with van der Waals surface area (Å²) in [5.41, 5.74) is 16.1. The molecular weight excluding hydrogens is 1450 g/mol. The number of amides is 3. The summed E-state index contributed by atoms with van der Waals surface area (Å²) in [7, 11) is 6.55. The number of nitrogens with zero attached hydrogens (tertiary/aromatic N) is 8. The van der Waals surface area contributed by atoms with Crippen molar-refractivity contribution in [3.63, 3.8) is 0 Å². The molecule has 31 heteroatoms. The molecule has 12 heterocycles. The molecule has 10 N–H and O–H groups in total. The van der Waals surface area contributed by atoms with Crippen molar-refractivity contribution in [1.82, 2.24) is 72.0 Å². The highest BCUT2D eigenvalue weighted by Crippen LogP contribution is 2.49. The molecule has 0 unspecified atom stereocenters. The molecule has 0 bridgehead atoms. The number of H-pyrrole nitrogens is 1. The number of thiazole rings is 3. The fourth-order valence-electron chi connectivity index (χ4n) is 12.3. The topological polar surface area (TPSA) is 326 Å². The molecule has 0 atom stereocenters. The van der Waals surface area contributed by atoms with Crippen molar-refractivity contribution in [2.24, 2.45) is 0 Å². The fourth-order valence-corrected chi connectivity index (χ4v) is 19.2. The van der Waals surface area contributed by atoms with E-state index in [1.54, 1.807) is 127 Å². The first-order chi connectivity index (χ1) is 51.5. The van der Waals surface area contributed by atoms with Gasteiger partial charge in [0, 0.05) is 172 Å². The summed E-state index contributed by atoms with van der Waals surface area (Å²) in [4.78, 5) is 69.6. The molecular formula is C74H80N18O7S6. The van der Waals surface area contributed by atoms with Crippen LogP contribution in [-0.4, -0.2) is 165 Å². The standard InChI is InChI=1S/C26H26N6O2S2.C25H28N6O3S2.C23H26N6O2S2/c1-34-11-10-28-9-7-23(33)32-26-24(19-6-8-29-15-22(19)36-26)25-31-20-12-16(3-5-21(20)35-25)17-2-4-18(13-27)30-14-17;1-33-10-9-26-8-6-21(32)31-24-22(17-5-7-27-14-20(17)36-24)23-30-18-11-15(3-4-19(18)35-23)16-12-28-25(34-2)29-13-16;1-31-11-10-24-8-6-20(30)28-23-21(15-4-7-25-13-19(15)33-23)22-27-17-12-14(2-3-18(17)32-22)16-5-9-26-29-16/h2-5,12,14,28-29H,6-11,15H2,1H3,(H,32,33);3-4,11-13,26-27H,5-10,14H2,1-2H3,(H,31,32);2-3,5,9,12,24-25H,4,6-8,10-11,13H2,1H3,(H,26,29)(H,28,30). The van der Waals surface area contributed by atoms with Crippen molar-refractivity contribution in [3.05, 3.63) is 135 Å². The monoisotopic (exact) mass is 1520 g/mol. The molecule has 15 rings (SSSR count). The van der Waals surface area contributed by atoms with Crippen LogP contribution in [0.15, 0.2) is 97.6 Å². The summed E-state index contributed by atoms with van der Waals surface area (Å²) in [6.07, 6.45) is 10.9. The van der Waals surface area contributed by atoms with Crippen molar-refractivity contribution < 1.29 is 33.3 Å². The number of nitrogens with one attached hydrogen (secondary N) is 10. The van der Waals surface area contributed by atoms with E-state index >= 15 is 0 Å². The van der Waals surface area contributed by atoms with Gasteiger partial charge in [-0.15, -0.1) is 68.0 Å². The van der Waals surface area contributed by atoms with E-state index < -0.39 is 0 Å².